The van der Waals surface area contributed by atoms with Crippen molar-refractivity contribution in [2.75, 3.05) is 31.1 Å². The van der Waals surface area contributed by atoms with Gasteiger partial charge in [0.2, 0.25) is 0 Å². The molecule has 1 N–H and O–H groups in total. The summed E-state index contributed by atoms with van der Waals surface area (Å²) in [6.07, 6.45) is 0. The normalized spacial score (nSPS) is 14.8. The molecule has 1 aliphatic rings. The maximum absolute atomic E-state index is 13.4. The Balaban J connectivity index is 1.76. The fourth-order valence-electron chi connectivity index (χ4n) is 4.52. The first-order valence-electron chi connectivity index (χ1n) is 11.2. The van der Waals surface area contributed by atoms with Gasteiger partial charge in [0.1, 0.15) is 11.2 Å². The van der Waals surface area contributed by atoms with E-state index in [0.717, 1.165) is 47.6 Å². The highest BCUT2D eigenvalue weighted by molar-refractivity contribution is 7.17. The molecule has 5 rings (SSSR count). The van der Waals surface area contributed by atoms with E-state index in [9.17, 15) is 9.59 Å². The lowest BCUT2D eigenvalue weighted by atomic mass is 10.2. The Morgan fingerprint density at radius 2 is 1.97 bits per heavy atom. The molecule has 1 aliphatic heterocycles. The molecular weight excluding hydrogens is 460 g/mol. The van der Waals surface area contributed by atoms with Crippen LogP contribution in [-0.2, 0) is 20.1 Å². The highest BCUT2D eigenvalue weighted by atomic mass is 35.5. The maximum Gasteiger partial charge on any atom is 0.332 e. The van der Waals surface area contributed by atoms with Crippen molar-refractivity contribution in [3.05, 3.63) is 55.0 Å². The van der Waals surface area contributed by atoms with Gasteiger partial charge in [-0.3, -0.25) is 13.9 Å². The number of fused-ring (bicyclic) bond motifs is 2. The lowest BCUT2D eigenvalue weighted by molar-refractivity contribution is 0.497. The van der Waals surface area contributed by atoms with E-state index in [0.29, 0.717) is 29.1 Å². The first kappa shape index (κ1) is 22.2. The van der Waals surface area contributed by atoms with Gasteiger partial charge in [0, 0.05) is 49.5 Å². The van der Waals surface area contributed by atoms with Gasteiger partial charge in [0.05, 0.1) is 6.54 Å². The van der Waals surface area contributed by atoms with Crippen LogP contribution in [0.15, 0.2) is 33.2 Å². The van der Waals surface area contributed by atoms with Gasteiger partial charge in [-0.15, -0.1) is 11.3 Å². The largest absolute Gasteiger partial charge is 0.354 e. The Labute approximate surface area is 200 Å². The van der Waals surface area contributed by atoms with Gasteiger partial charge in [0.15, 0.2) is 5.65 Å². The number of nitrogens with zero attached hydrogens (tertiary/aromatic N) is 5. The van der Waals surface area contributed by atoms with Crippen LogP contribution in [0.3, 0.4) is 0 Å². The zero-order valence-electron chi connectivity index (χ0n) is 19.0. The quantitative estimate of drug-likeness (QED) is 0.469. The topological polar surface area (TPSA) is 77.1 Å². The van der Waals surface area contributed by atoms with Gasteiger partial charge < -0.3 is 10.2 Å². The van der Waals surface area contributed by atoms with Gasteiger partial charge >= 0.3 is 5.69 Å². The summed E-state index contributed by atoms with van der Waals surface area (Å²) in [7, 11) is 1.55. The Kier molecular flexibility index (Phi) is 5.80. The second-order valence-corrected chi connectivity index (χ2v) is 10.3. The number of thiophene rings is 1. The average Bonchev–Trinajstić information content (AvgIpc) is 3.37. The summed E-state index contributed by atoms with van der Waals surface area (Å²) >= 11 is 7.94. The molecule has 3 aromatic heterocycles. The van der Waals surface area contributed by atoms with Gasteiger partial charge in [-0.05, 0) is 40.4 Å². The zero-order valence-corrected chi connectivity index (χ0v) is 20.5. The summed E-state index contributed by atoms with van der Waals surface area (Å²) in [5, 5.41) is 12.7. The molecule has 1 fully saturated rings. The molecule has 0 amide bonds. The van der Waals surface area contributed by atoms with Crippen LogP contribution < -0.4 is 21.5 Å². The van der Waals surface area contributed by atoms with E-state index in [2.05, 4.69) is 29.4 Å². The predicted octanol–water partition coefficient (Wildman–Crippen LogP) is 2.88. The molecule has 174 valence electrons. The third-order valence-electron chi connectivity index (χ3n) is 6.10. The number of nitrogens with one attached hydrogen (secondary N) is 1. The van der Waals surface area contributed by atoms with Crippen LogP contribution in [0.1, 0.15) is 19.4 Å². The minimum atomic E-state index is -0.328. The molecule has 0 saturated carbocycles. The molecule has 1 aromatic carbocycles. The van der Waals surface area contributed by atoms with E-state index in [4.69, 9.17) is 16.7 Å². The molecule has 10 heteroatoms. The molecular formula is C23H27ClN6O2S. The first-order chi connectivity index (χ1) is 15.8. The van der Waals surface area contributed by atoms with Crippen molar-refractivity contribution in [3.8, 4) is 0 Å². The first-order valence-corrected chi connectivity index (χ1v) is 12.4. The monoisotopic (exact) mass is 486 g/mol. The van der Waals surface area contributed by atoms with Crippen molar-refractivity contribution in [3.63, 3.8) is 0 Å². The number of aromatic nitrogens is 4. The standard InChI is InChI=1S/C23H27ClN6O2S/c1-14(2)11-29-20-19(22(31)27(3)23(29)32)21(28-8-6-25-7-9-28)30(26-20)12-15-13-33-18-5-4-16(24)10-17(15)18/h4-5,10,13-14,25H,6-9,11-12H2,1-3H3. The van der Waals surface area contributed by atoms with Gasteiger partial charge in [-0.25, -0.2) is 9.48 Å². The summed E-state index contributed by atoms with van der Waals surface area (Å²) in [4.78, 5) is 28.6. The van der Waals surface area contributed by atoms with Gasteiger partial charge in [-0.1, -0.05) is 25.4 Å². The molecule has 4 heterocycles. The van der Waals surface area contributed by atoms with Crippen LogP contribution in [-0.4, -0.2) is 45.1 Å². The number of rotatable bonds is 5. The van der Waals surface area contributed by atoms with Crippen molar-refractivity contribution in [1.82, 2.24) is 24.2 Å². The minimum absolute atomic E-state index is 0.235. The fraction of sp³-hybridized carbons (Fsp3) is 0.435. The summed E-state index contributed by atoms with van der Waals surface area (Å²) in [5.41, 5.74) is 0.928. The molecule has 0 unspecified atom stereocenters. The van der Waals surface area contributed by atoms with E-state index < -0.39 is 0 Å². The Morgan fingerprint density at radius 3 is 2.70 bits per heavy atom. The molecule has 0 bridgehead atoms. The highest BCUT2D eigenvalue weighted by Crippen LogP contribution is 2.31. The third kappa shape index (κ3) is 3.88. The lowest BCUT2D eigenvalue weighted by Crippen LogP contribution is -2.45. The summed E-state index contributed by atoms with van der Waals surface area (Å²) in [6, 6.07) is 5.90. The molecule has 8 nitrogen and oxygen atoms in total. The number of benzene rings is 1. The number of halogens is 1. The van der Waals surface area contributed by atoms with Crippen LogP contribution >= 0.6 is 22.9 Å². The molecule has 0 spiro atoms. The van der Waals surface area contributed by atoms with Crippen molar-refractivity contribution < 1.29 is 0 Å². The predicted molar refractivity (Wildman–Crippen MR) is 135 cm³/mol. The second-order valence-electron chi connectivity index (χ2n) is 8.97. The summed E-state index contributed by atoms with van der Waals surface area (Å²) < 4.78 is 5.91. The molecule has 0 atom stereocenters. The second kappa shape index (κ2) is 8.62. The Bertz CT molecular complexity index is 1460. The lowest BCUT2D eigenvalue weighted by Gasteiger charge is -2.29. The van der Waals surface area contributed by atoms with Crippen LogP contribution in [0.2, 0.25) is 5.02 Å². The maximum atomic E-state index is 13.4. The number of hydrogen-bond acceptors (Lipinski definition) is 6. The Hall–Kier alpha value is -2.62. The Morgan fingerprint density at radius 1 is 1.21 bits per heavy atom. The van der Waals surface area contributed by atoms with Crippen molar-refractivity contribution >= 4 is 49.9 Å². The van der Waals surface area contributed by atoms with Crippen LogP contribution in [0.4, 0.5) is 5.82 Å². The smallest absolute Gasteiger partial charge is 0.332 e. The molecule has 1 saturated heterocycles. The highest BCUT2D eigenvalue weighted by Gasteiger charge is 2.26. The molecule has 0 aliphatic carbocycles. The number of hydrogen-bond donors (Lipinski definition) is 1. The minimum Gasteiger partial charge on any atom is -0.354 e. The third-order valence-corrected chi connectivity index (χ3v) is 7.35. The number of anilines is 1. The van der Waals surface area contributed by atoms with Crippen LogP contribution in [0.25, 0.3) is 21.1 Å². The van der Waals surface area contributed by atoms with Gasteiger partial charge in [0.25, 0.3) is 5.56 Å². The van der Waals surface area contributed by atoms with E-state index in [1.807, 2.05) is 22.9 Å². The van der Waals surface area contributed by atoms with E-state index >= 15 is 0 Å². The molecule has 33 heavy (non-hydrogen) atoms. The summed E-state index contributed by atoms with van der Waals surface area (Å²) in [6.45, 7) is 8.29. The average molecular weight is 487 g/mol. The van der Waals surface area contributed by atoms with Crippen LogP contribution in [0.5, 0.6) is 0 Å². The van der Waals surface area contributed by atoms with E-state index in [1.165, 1.54) is 4.57 Å². The van der Waals surface area contributed by atoms with Crippen LogP contribution in [0, 0.1) is 5.92 Å². The summed E-state index contributed by atoms with van der Waals surface area (Å²) in [5.74, 6) is 1.02. The van der Waals surface area contributed by atoms with Crippen molar-refractivity contribution in [2.45, 2.75) is 26.9 Å². The fourth-order valence-corrected chi connectivity index (χ4v) is 5.63. The molecule has 4 aromatic rings. The van der Waals surface area contributed by atoms with E-state index in [-0.39, 0.29) is 17.2 Å². The number of piperazine rings is 1. The van der Waals surface area contributed by atoms with Gasteiger partial charge in [-0.2, -0.15) is 5.10 Å². The van der Waals surface area contributed by atoms with E-state index in [1.54, 1.807) is 23.0 Å². The van der Waals surface area contributed by atoms with Crippen molar-refractivity contribution in [1.29, 1.82) is 0 Å². The molecule has 0 radical (unpaired) electrons. The SMILES string of the molecule is CC(C)Cn1c(=O)n(C)c(=O)c2c(N3CCNCC3)n(Cc3csc4ccc(Cl)cc34)nc21. The van der Waals surface area contributed by atoms with Crippen molar-refractivity contribution in [2.24, 2.45) is 13.0 Å². The zero-order chi connectivity index (χ0) is 23.3.